The van der Waals surface area contributed by atoms with Crippen LogP contribution in [0.25, 0.3) is 21.8 Å². The lowest BCUT2D eigenvalue weighted by atomic mass is 10.0. The molecule has 1 aromatic carbocycles. The third-order valence-electron chi connectivity index (χ3n) is 5.31. The zero-order valence-electron chi connectivity index (χ0n) is 16.4. The third kappa shape index (κ3) is 3.24. The summed E-state index contributed by atoms with van der Waals surface area (Å²) in [6.45, 7) is 4.50. The number of sulfone groups is 1. The molecule has 0 aliphatic carbocycles. The van der Waals surface area contributed by atoms with E-state index in [1.807, 2.05) is 0 Å². The fourth-order valence-corrected chi connectivity index (χ4v) is 6.25. The van der Waals surface area contributed by atoms with Crippen LogP contribution in [-0.4, -0.2) is 29.7 Å². The molecule has 0 spiro atoms. The number of nitrogens with two attached hydrogens (primary N) is 1. The highest BCUT2D eigenvalue weighted by molar-refractivity contribution is 7.93. The molecule has 0 bridgehead atoms. The number of aliphatic imine (C=N–C) groups is 1. The van der Waals surface area contributed by atoms with E-state index < -0.39 is 31.8 Å². The summed E-state index contributed by atoms with van der Waals surface area (Å²) < 4.78 is 58.6. The summed E-state index contributed by atoms with van der Waals surface area (Å²) in [7, 11) is -3.68. The van der Waals surface area contributed by atoms with E-state index in [1.54, 1.807) is 6.07 Å². The molecule has 30 heavy (non-hydrogen) atoms. The van der Waals surface area contributed by atoms with Crippen molar-refractivity contribution >= 4 is 27.0 Å². The highest BCUT2D eigenvalue weighted by Crippen LogP contribution is 2.43. The number of rotatable bonds is 3. The molecule has 0 radical (unpaired) electrons. The Bertz CT molecular complexity index is 1260. The zero-order chi connectivity index (χ0) is 21.9. The van der Waals surface area contributed by atoms with Crippen molar-refractivity contribution in [3.05, 3.63) is 53.4 Å². The predicted octanol–water partition coefficient (Wildman–Crippen LogP) is 4.13. The molecule has 0 fully saturated rings. The van der Waals surface area contributed by atoms with Crippen molar-refractivity contribution in [1.29, 1.82) is 0 Å². The Morgan fingerprint density at radius 1 is 1.13 bits per heavy atom. The summed E-state index contributed by atoms with van der Waals surface area (Å²) in [5.74, 6) is -1.21. The van der Waals surface area contributed by atoms with Crippen LogP contribution in [0, 0.1) is 11.6 Å². The molecule has 158 valence electrons. The molecule has 4 rings (SSSR count). The topological polar surface area (TPSA) is 98.5 Å². The van der Waals surface area contributed by atoms with Gasteiger partial charge in [0, 0.05) is 10.4 Å². The first-order valence-corrected chi connectivity index (χ1v) is 11.5. The minimum absolute atomic E-state index is 0.0658. The lowest BCUT2D eigenvalue weighted by Crippen LogP contribution is -2.54. The third-order valence-corrected chi connectivity index (χ3v) is 9.43. The average Bonchev–Trinajstić information content (AvgIpc) is 3.29. The van der Waals surface area contributed by atoms with Crippen LogP contribution in [0.15, 0.2) is 46.3 Å². The lowest BCUT2D eigenvalue weighted by molar-refractivity contribution is 0.486. The Labute approximate surface area is 176 Å². The predicted molar refractivity (Wildman–Crippen MR) is 112 cm³/mol. The highest BCUT2D eigenvalue weighted by Gasteiger charge is 2.50. The maximum absolute atomic E-state index is 15.0. The minimum atomic E-state index is -3.68. The molecule has 1 aliphatic heterocycles. The molecule has 2 aromatic heterocycles. The number of oxazole rings is 1. The van der Waals surface area contributed by atoms with Crippen molar-refractivity contribution in [2.24, 2.45) is 10.7 Å². The quantitative estimate of drug-likeness (QED) is 0.646. The Morgan fingerprint density at radius 2 is 1.83 bits per heavy atom. The number of nitrogens with zero attached hydrogens (tertiary/aromatic N) is 2. The van der Waals surface area contributed by atoms with E-state index in [2.05, 4.69) is 9.98 Å². The molecule has 10 heteroatoms. The molecule has 3 aromatic rings. The van der Waals surface area contributed by atoms with E-state index >= 15 is 0 Å². The van der Waals surface area contributed by atoms with Gasteiger partial charge >= 0.3 is 0 Å². The summed E-state index contributed by atoms with van der Waals surface area (Å²) >= 11 is 1.02. The molecule has 1 aliphatic rings. The van der Waals surface area contributed by atoms with E-state index in [9.17, 15) is 17.2 Å². The monoisotopic (exact) mass is 451 g/mol. The number of amidine groups is 1. The fourth-order valence-electron chi connectivity index (χ4n) is 3.37. The van der Waals surface area contributed by atoms with Crippen molar-refractivity contribution < 1.29 is 21.6 Å². The van der Waals surface area contributed by atoms with Crippen LogP contribution in [0.5, 0.6) is 0 Å². The van der Waals surface area contributed by atoms with Crippen molar-refractivity contribution in [3.63, 3.8) is 0 Å². The molecule has 0 saturated carbocycles. The SMILES string of the molecule is CC1(c2sc(-c3cc(F)cc(-c4cnco4)c3)cc2F)CS(=O)(=O)C(C)(C)C(N)=N1. The van der Waals surface area contributed by atoms with Gasteiger partial charge in [-0.05, 0) is 50.6 Å². The average molecular weight is 452 g/mol. The second kappa shape index (κ2) is 6.71. The van der Waals surface area contributed by atoms with Gasteiger partial charge in [-0.2, -0.15) is 0 Å². The lowest BCUT2D eigenvalue weighted by Gasteiger charge is -2.37. The van der Waals surface area contributed by atoms with Crippen LogP contribution < -0.4 is 5.73 Å². The van der Waals surface area contributed by atoms with Gasteiger partial charge in [-0.25, -0.2) is 22.2 Å². The van der Waals surface area contributed by atoms with Crippen molar-refractivity contribution in [1.82, 2.24) is 4.98 Å². The smallest absolute Gasteiger partial charge is 0.181 e. The van der Waals surface area contributed by atoms with Gasteiger partial charge in [-0.3, -0.25) is 4.99 Å². The Kier molecular flexibility index (Phi) is 4.62. The van der Waals surface area contributed by atoms with Crippen molar-refractivity contribution in [3.8, 4) is 21.8 Å². The largest absolute Gasteiger partial charge is 0.444 e. The van der Waals surface area contributed by atoms with Gasteiger partial charge in [-0.15, -0.1) is 11.3 Å². The summed E-state index contributed by atoms with van der Waals surface area (Å²) in [4.78, 5) is 8.75. The molecular weight excluding hydrogens is 432 g/mol. The normalized spacial score (nSPS) is 22.6. The van der Waals surface area contributed by atoms with E-state index in [-0.39, 0.29) is 16.5 Å². The number of halogens is 2. The first kappa shape index (κ1) is 20.7. The van der Waals surface area contributed by atoms with Crippen LogP contribution in [0.4, 0.5) is 8.78 Å². The summed E-state index contributed by atoms with van der Waals surface area (Å²) in [5, 5.41) is 0. The first-order chi connectivity index (χ1) is 13.9. The van der Waals surface area contributed by atoms with Gasteiger partial charge < -0.3 is 10.2 Å². The first-order valence-electron chi connectivity index (χ1n) is 9.01. The van der Waals surface area contributed by atoms with Crippen LogP contribution in [0.3, 0.4) is 0 Å². The minimum Gasteiger partial charge on any atom is -0.444 e. The van der Waals surface area contributed by atoms with Gasteiger partial charge in [0.25, 0.3) is 0 Å². The van der Waals surface area contributed by atoms with Crippen LogP contribution in [-0.2, 0) is 15.4 Å². The number of hydrogen-bond donors (Lipinski definition) is 1. The maximum atomic E-state index is 15.0. The number of hydrogen-bond acceptors (Lipinski definition) is 7. The van der Waals surface area contributed by atoms with E-state index in [0.717, 1.165) is 11.3 Å². The maximum Gasteiger partial charge on any atom is 0.181 e. The Balaban J connectivity index is 1.81. The molecule has 6 nitrogen and oxygen atoms in total. The van der Waals surface area contributed by atoms with Gasteiger partial charge in [0.05, 0.1) is 16.8 Å². The molecule has 1 atom stereocenters. The second-order valence-electron chi connectivity index (χ2n) is 7.92. The molecule has 2 N–H and O–H groups in total. The van der Waals surface area contributed by atoms with Crippen molar-refractivity contribution in [2.75, 3.05) is 5.75 Å². The number of benzene rings is 1. The molecular formula is C20H19F2N3O3S2. The summed E-state index contributed by atoms with van der Waals surface area (Å²) in [6, 6.07) is 5.47. The molecule has 0 saturated heterocycles. The highest BCUT2D eigenvalue weighted by atomic mass is 32.2. The molecule has 0 amide bonds. The Morgan fingerprint density at radius 3 is 2.47 bits per heavy atom. The van der Waals surface area contributed by atoms with Crippen molar-refractivity contribution in [2.45, 2.75) is 31.1 Å². The van der Waals surface area contributed by atoms with Gasteiger partial charge in [0.2, 0.25) is 0 Å². The Hall–Kier alpha value is -2.59. The zero-order valence-corrected chi connectivity index (χ0v) is 18.1. The van der Waals surface area contributed by atoms with Gasteiger partial charge in [0.15, 0.2) is 22.0 Å². The molecule has 1 unspecified atom stereocenters. The standard InChI is InChI=1S/C20H19F2N3O3S2/c1-19(2)18(23)25-20(3,9-30(19,26)27)17-14(22)7-16(29-17)12-4-11(5-13(21)6-12)15-8-24-10-28-15/h4-8,10H,9H2,1-3H3,(H2,23,25). The van der Waals surface area contributed by atoms with Crippen LogP contribution in [0.2, 0.25) is 0 Å². The van der Waals surface area contributed by atoms with E-state index in [4.69, 9.17) is 10.2 Å². The molecule has 3 heterocycles. The van der Waals surface area contributed by atoms with Gasteiger partial charge in [0.1, 0.15) is 27.8 Å². The van der Waals surface area contributed by atoms with E-state index in [0.29, 0.717) is 21.8 Å². The number of aromatic nitrogens is 1. The summed E-state index contributed by atoms with van der Waals surface area (Å²) in [6.07, 6.45) is 2.68. The van der Waals surface area contributed by atoms with Crippen LogP contribution in [0.1, 0.15) is 25.6 Å². The fraction of sp³-hybridized carbons (Fsp3) is 0.300. The number of thiophene rings is 1. The second-order valence-corrected chi connectivity index (χ2v) is 11.5. The van der Waals surface area contributed by atoms with Gasteiger partial charge in [-0.1, -0.05) is 0 Å². The van der Waals surface area contributed by atoms with Crippen LogP contribution >= 0.6 is 11.3 Å². The summed E-state index contributed by atoms with van der Waals surface area (Å²) in [5.41, 5.74) is 5.46. The van der Waals surface area contributed by atoms with E-state index in [1.165, 1.54) is 51.6 Å².